The molecule has 0 amide bonds. The lowest BCUT2D eigenvalue weighted by Gasteiger charge is -2.59. The molecule has 3 heteroatoms. The lowest BCUT2D eigenvalue weighted by atomic mass is 9.46. The average Bonchev–Trinajstić information content (AvgIpc) is 3.20. The van der Waals surface area contributed by atoms with Crippen molar-refractivity contribution < 1.29 is 14.3 Å². The van der Waals surface area contributed by atoms with E-state index in [-0.39, 0.29) is 17.1 Å². The molecule has 4 unspecified atom stereocenters. The van der Waals surface area contributed by atoms with Gasteiger partial charge in [0.15, 0.2) is 11.6 Å². The monoisotopic (exact) mass is 372 g/mol. The maximum atomic E-state index is 12.3. The summed E-state index contributed by atoms with van der Waals surface area (Å²) in [5.41, 5.74) is 2.06. The number of carbonyl (C=O) groups is 1. The Kier molecular flexibility index (Phi) is 4.03. The molecule has 0 radical (unpaired) electrons. The van der Waals surface area contributed by atoms with Crippen molar-refractivity contribution in [3.63, 3.8) is 0 Å². The summed E-state index contributed by atoms with van der Waals surface area (Å²) in [6.45, 7) is 10.9. The molecule has 0 aromatic carbocycles. The zero-order valence-electron chi connectivity index (χ0n) is 17.6. The lowest BCUT2D eigenvalue weighted by molar-refractivity contribution is -0.215. The summed E-state index contributed by atoms with van der Waals surface area (Å²) in [5, 5.41) is 0. The van der Waals surface area contributed by atoms with E-state index >= 15 is 0 Å². The van der Waals surface area contributed by atoms with Gasteiger partial charge in [0.2, 0.25) is 0 Å². The van der Waals surface area contributed by atoms with Crippen molar-refractivity contribution in [1.82, 2.24) is 0 Å². The maximum Gasteiger partial charge on any atom is 0.169 e. The Morgan fingerprint density at radius 2 is 1.74 bits per heavy atom. The normalized spacial score (nSPS) is 51.3. The van der Waals surface area contributed by atoms with Gasteiger partial charge in [0.05, 0.1) is 13.2 Å². The highest BCUT2D eigenvalue weighted by Crippen LogP contribution is 2.68. The molecule has 0 bridgehead atoms. The highest BCUT2D eigenvalue weighted by Gasteiger charge is 2.63. The quantitative estimate of drug-likeness (QED) is 0.639. The summed E-state index contributed by atoms with van der Waals surface area (Å²) >= 11 is 0. The highest BCUT2D eigenvalue weighted by molar-refractivity contribution is 5.93. The molecule has 1 heterocycles. The molecule has 5 rings (SSSR count). The van der Waals surface area contributed by atoms with Gasteiger partial charge < -0.3 is 9.47 Å². The fourth-order valence-electron chi connectivity index (χ4n) is 8.49. The van der Waals surface area contributed by atoms with E-state index in [0.29, 0.717) is 17.1 Å². The number of fused-ring (bicyclic) bond motifs is 5. The number of ether oxygens (including phenoxy) is 2. The molecule has 150 valence electrons. The number of ketones is 1. The fraction of sp³-hybridized carbons (Fsp3) is 0.875. The molecule has 4 aliphatic carbocycles. The van der Waals surface area contributed by atoms with E-state index in [2.05, 4.69) is 27.7 Å². The van der Waals surface area contributed by atoms with Gasteiger partial charge in [-0.2, -0.15) is 0 Å². The Bertz CT molecular complexity index is 675. The Hall–Kier alpha value is -0.670. The Labute approximate surface area is 164 Å². The van der Waals surface area contributed by atoms with Gasteiger partial charge in [-0.15, -0.1) is 0 Å². The van der Waals surface area contributed by atoms with E-state index in [9.17, 15) is 4.79 Å². The Morgan fingerprint density at radius 3 is 2.48 bits per heavy atom. The van der Waals surface area contributed by atoms with Gasteiger partial charge in [0.25, 0.3) is 0 Å². The number of allylic oxidation sites excluding steroid dienone is 1. The summed E-state index contributed by atoms with van der Waals surface area (Å²) < 4.78 is 12.3. The average molecular weight is 373 g/mol. The van der Waals surface area contributed by atoms with Crippen LogP contribution in [-0.4, -0.2) is 24.8 Å². The molecule has 3 nitrogen and oxygen atoms in total. The molecule has 0 aromatic heterocycles. The van der Waals surface area contributed by atoms with E-state index in [1.54, 1.807) is 0 Å². The van der Waals surface area contributed by atoms with Crippen molar-refractivity contribution in [2.45, 2.75) is 78.4 Å². The van der Waals surface area contributed by atoms with Crippen LogP contribution in [0.4, 0.5) is 0 Å². The van der Waals surface area contributed by atoms with Crippen LogP contribution >= 0.6 is 0 Å². The molecule has 1 aliphatic heterocycles. The minimum absolute atomic E-state index is 0.196. The number of carbonyl (C=O) groups excluding carboxylic acids is 1. The van der Waals surface area contributed by atoms with Gasteiger partial charge in [0.1, 0.15) is 0 Å². The molecule has 7 atom stereocenters. The molecule has 4 fully saturated rings. The molecule has 1 saturated heterocycles. The second-order valence-corrected chi connectivity index (χ2v) is 10.9. The van der Waals surface area contributed by atoms with Gasteiger partial charge in [0, 0.05) is 11.8 Å². The predicted molar refractivity (Wildman–Crippen MR) is 105 cm³/mol. The van der Waals surface area contributed by atoms with Crippen molar-refractivity contribution in [1.29, 1.82) is 0 Å². The first-order valence-corrected chi connectivity index (χ1v) is 11.3. The second kappa shape index (κ2) is 5.92. The molecule has 5 aliphatic rings. The third-order valence-electron chi connectivity index (χ3n) is 9.76. The summed E-state index contributed by atoms with van der Waals surface area (Å²) in [6, 6.07) is 0. The first-order valence-electron chi connectivity index (χ1n) is 11.3. The van der Waals surface area contributed by atoms with Crippen molar-refractivity contribution in [3.8, 4) is 0 Å². The zero-order chi connectivity index (χ0) is 19.0. The van der Waals surface area contributed by atoms with Crippen LogP contribution in [0.5, 0.6) is 0 Å². The highest BCUT2D eigenvalue weighted by atomic mass is 16.7. The summed E-state index contributed by atoms with van der Waals surface area (Å²) in [6.07, 6.45) is 10.7. The topological polar surface area (TPSA) is 35.5 Å². The first-order chi connectivity index (χ1) is 12.8. The summed E-state index contributed by atoms with van der Waals surface area (Å²) in [7, 11) is 0. The van der Waals surface area contributed by atoms with Gasteiger partial charge in [-0.1, -0.05) is 26.3 Å². The Balaban J connectivity index is 1.46. The second-order valence-electron chi connectivity index (χ2n) is 10.9. The summed E-state index contributed by atoms with van der Waals surface area (Å²) in [4.78, 5) is 12.3. The van der Waals surface area contributed by atoms with Gasteiger partial charge in [-0.05, 0) is 86.5 Å². The minimum Gasteiger partial charge on any atom is -0.348 e. The van der Waals surface area contributed by atoms with Crippen LogP contribution in [0.15, 0.2) is 11.6 Å². The van der Waals surface area contributed by atoms with E-state index in [4.69, 9.17) is 9.47 Å². The van der Waals surface area contributed by atoms with Crippen LogP contribution < -0.4 is 0 Å². The van der Waals surface area contributed by atoms with Crippen LogP contribution in [0.1, 0.15) is 72.6 Å². The van der Waals surface area contributed by atoms with Gasteiger partial charge >= 0.3 is 0 Å². The van der Waals surface area contributed by atoms with Crippen molar-refractivity contribution >= 4 is 5.78 Å². The van der Waals surface area contributed by atoms with Crippen LogP contribution in [0, 0.1) is 40.4 Å². The van der Waals surface area contributed by atoms with E-state index < -0.39 is 0 Å². The summed E-state index contributed by atoms with van der Waals surface area (Å²) in [5.74, 6) is 3.06. The van der Waals surface area contributed by atoms with Crippen molar-refractivity contribution in [3.05, 3.63) is 11.6 Å². The molecule has 27 heavy (non-hydrogen) atoms. The fourth-order valence-corrected chi connectivity index (χ4v) is 8.49. The smallest absolute Gasteiger partial charge is 0.169 e. The first kappa shape index (κ1) is 18.4. The lowest BCUT2D eigenvalue weighted by Crippen LogP contribution is -2.53. The van der Waals surface area contributed by atoms with Crippen molar-refractivity contribution in [2.75, 3.05) is 13.2 Å². The van der Waals surface area contributed by atoms with Crippen molar-refractivity contribution in [2.24, 2.45) is 40.4 Å². The third-order valence-corrected chi connectivity index (χ3v) is 9.76. The molecular formula is C24H36O3. The molecule has 0 spiro atoms. The number of hydrogen-bond donors (Lipinski definition) is 0. The standard InChI is InChI=1S/C24H36O3/c1-15-14-23(3)16(13-20(15)25)5-6-17-18-7-8-21(24(4)26-11-12-27-24)22(18,2)10-9-19(17)23/h13,15,17-19,21H,5-12,14H2,1-4H3/t15?,17?,18?,19?,21-,22-,23-/m0/s1. The van der Waals surface area contributed by atoms with E-state index in [1.165, 1.54) is 37.7 Å². The molecule has 0 aromatic rings. The minimum atomic E-state index is -0.369. The van der Waals surface area contributed by atoms with Gasteiger partial charge in [-0.25, -0.2) is 0 Å². The van der Waals surface area contributed by atoms with E-state index in [1.807, 2.05) is 6.08 Å². The van der Waals surface area contributed by atoms with Crippen LogP contribution in [0.3, 0.4) is 0 Å². The molecular weight excluding hydrogens is 336 g/mol. The predicted octanol–water partition coefficient (Wildman–Crippen LogP) is 5.14. The third kappa shape index (κ3) is 2.43. The number of rotatable bonds is 1. The number of hydrogen-bond acceptors (Lipinski definition) is 3. The molecule has 0 N–H and O–H groups in total. The SMILES string of the molecule is CC1C[C@@]2(C)C(=CC1=O)CCC1C2CC[C@@]2(C)C1CC[C@@H]2C1(C)OCCO1. The van der Waals surface area contributed by atoms with Crippen LogP contribution in [-0.2, 0) is 14.3 Å². The maximum absolute atomic E-state index is 12.3. The van der Waals surface area contributed by atoms with E-state index in [0.717, 1.165) is 43.8 Å². The Morgan fingerprint density at radius 1 is 1.00 bits per heavy atom. The van der Waals surface area contributed by atoms with Crippen LogP contribution in [0.25, 0.3) is 0 Å². The van der Waals surface area contributed by atoms with Crippen LogP contribution in [0.2, 0.25) is 0 Å². The van der Waals surface area contributed by atoms with Gasteiger partial charge in [-0.3, -0.25) is 4.79 Å². The molecule has 3 saturated carbocycles. The zero-order valence-corrected chi connectivity index (χ0v) is 17.6. The largest absolute Gasteiger partial charge is 0.348 e.